The van der Waals surface area contributed by atoms with Crippen LogP contribution in [0.3, 0.4) is 0 Å². The van der Waals surface area contributed by atoms with Crippen LogP contribution in [0.15, 0.2) is 28.6 Å². The van der Waals surface area contributed by atoms with Gasteiger partial charge in [0.1, 0.15) is 0 Å². The maximum absolute atomic E-state index is 13.2. The number of fused-ring (bicyclic) bond motifs is 2. The molecule has 3 heterocycles. The molecular weight excluding hydrogens is 382 g/mol. The maximum atomic E-state index is 13.2. The number of ether oxygens (including phenoxy) is 1. The SMILES string of the molecule is O=S(=O)(c1ccc2ncsc2c1)N1C[C@@H]2OCCN(CC3CCCC3)[C@H]2C1. The van der Waals surface area contributed by atoms with Crippen LogP contribution in [0.5, 0.6) is 0 Å². The lowest BCUT2D eigenvalue weighted by atomic mass is 10.0. The number of morpholine rings is 1. The third kappa shape index (κ3) is 3.31. The van der Waals surface area contributed by atoms with Crippen molar-refractivity contribution in [2.24, 2.45) is 5.92 Å². The molecule has 1 aliphatic carbocycles. The zero-order valence-corrected chi connectivity index (χ0v) is 16.9. The van der Waals surface area contributed by atoms with Gasteiger partial charge in [0.05, 0.1) is 39.4 Å². The van der Waals surface area contributed by atoms with Gasteiger partial charge in [-0.2, -0.15) is 4.31 Å². The normalized spacial score (nSPS) is 28.1. The van der Waals surface area contributed by atoms with Gasteiger partial charge < -0.3 is 4.74 Å². The number of hydrogen-bond acceptors (Lipinski definition) is 6. The van der Waals surface area contributed by atoms with E-state index in [0.717, 1.165) is 29.2 Å². The molecule has 27 heavy (non-hydrogen) atoms. The fourth-order valence-electron chi connectivity index (χ4n) is 4.82. The van der Waals surface area contributed by atoms with Gasteiger partial charge in [-0.15, -0.1) is 11.3 Å². The van der Waals surface area contributed by atoms with Crippen molar-refractivity contribution in [2.75, 3.05) is 32.8 Å². The molecule has 1 saturated carbocycles. The minimum atomic E-state index is -3.51. The molecule has 1 aromatic carbocycles. The Kier molecular flexibility index (Phi) is 4.72. The molecule has 146 valence electrons. The monoisotopic (exact) mass is 407 g/mol. The Morgan fingerprint density at radius 3 is 2.93 bits per heavy atom. The number of sulfonamides is 1. The number of rotatable bonds is 4. The van der Waals surface area contributed by atoms with Crippen molar-refractivity contribution in [3.8, 4) is 0 Å². The summed E-state index contributed by atoms with van der Waals surface area (Å²) in [7, 11) is -3.51. The number of nitrogens with zero attached hydrogens (tertiary/aromatic N) is 3. The lowest BCUT2D eigenvalue weighted by Gasteiger charge is -2.38. The Bertz CT molecular complexity index is 923. The van der Waals surface area contributed by atoms with Crippen molar-refractivity contribution in [3.05, 3.63) is 23.7 Å². The zero-order valence-electron chi connectivity index (χ0n) is 15.3. The molecule has 0 amide bonds. The first-order valence-electron chi connectivity index (χ1n) is 9.80. The van der Waals surface area contributed by atoms with E-state index >= 15 is 0 Å². The van der Waals surface area contributed by atoms with Crippen molar-refractivity contribution in [3.63, 3.8) is 0 Å². The fourth-order valence-corrected chi connectivity index (χ4v) is 7.11. The third-order valence-electron chi connectivity index (χ3n) is 6.29. The molecule has 2 atom stereocenters. The first-order chi connectivity index (χ1) is 13.1. The summed E-state index contributed by atoms with van der Waals surface area (Å²) in [6.07, 6.45) is 5.28. The summed E-state index contributed by atoms with van der Waals surface area (Å²) in [5.74, 6) is 0.767. The molecule has 0 bridgehead atoms. The van der Waals surface area contributed by atoms with Gasteiger partial charge in [0.25, 0.3) is 0 Å². The lowest BCUT2D eigenvalue weighted by molar-refractivity contribution is -0.0514. The van der Waals surface area contributed by atoms with Crippen molar-refractivity contribution in [2.45, 2.75) is 42.7 Å². The molecule has 3 aliphatic rings. The van der Waals surface area contributed by atoms with Crippen LogP contribution in [0, 0.1) is 5.92 Å². The van der Waals surface area contributed by atoms with Crippen LogP contribution in [-0.4, -0.2) is 67.5 Å². The van der Waals surface area contributed by atoms with E-state index in [1.54, 1.807) is 28.0 Å². The summed E-state index contributed by atoms with van der Waals surface area (Å²) in [6.45, 7) is 3.69. The van der Waals surface area contributed by atoms with Gasteiger partial charge >= 0.3 is 0 Å². The molecule has 0 unspecified atom stereocenters. The largest absolute Gasteiger partial charge is 0.374 e. The first-order valence-corrected chi connectivity index (χ1v) is 12.1. The van der Waals surface area contributed by atoms with Crippen molar-refractivity contribution >= 4 is 31.6 Å². The molecule has 2 saturated heterocycles. The summed E-state index contributed by atoms with van der Waals surface area (Å²) in [6, 6.07) is 5.41. The van der Waals surface area contributed by atoms with Crippen LogP contribution < -0.4 is 0 Å². The second-order valence-electron chi connectivity index (χ2n) is 7.93. The molecule has 3 fully saturated rings. The van der Waals surface area contributed by atoms with E-state index in [1.165, 1.54) is 37.0 Å². The predicted molar refractivity (Wildman–Crippen MR) is 105 cm³/mol. The molecule has 5 rings (SSSR count). The van der Waals surface area contributed by atoms with Crippen LogP contribution in [-0.2, 0) is 14.8 Å². The Labute approximate surface area is 164 Å². The van der Waals surface area contributed by atoms with E-state index in [4.69, 9.17) is 4.74 Å². The van der Waals surface area contributed by atoms with E-state index in [1.807, 2.05) is 0 Å². The molecule has 8 heteroatoms. The predicted octanol–water partition coefficient (Wildman–Crippen LogP) is 2.56. The van der Waals surface area contributed by atoms with Crippen LogP contribution in [0.2, 0.25) is 0 Å². The van der Waals surface area contributed by atoms with Crippen molar-refractivity contribution in [1.29, 1.82) is 0 Å². The molecular formula is C19H25N3O3S2. The fraction of sp³-hybridized carbons (Fsp3) is 0.632. The summed E-state index contributed by atoms with van der Waals surface area (Å²) >= 11 is 1.47. The smallest absolute Gasteiger partial charge is 0.243 e. The van der Waals surface area contributed by atoms with E-state index in [9.17, 15) is 8.42 Å². The van der Waals surface area contributed by atoms with Crippen LogP contribution in [0.25, 0.3) is 10.2 Å². The van der Waals surface area contributed by atoms with E-state index < -0.39 is 10.0 Å². The Morgan fingerprint density at radius 2 is 2.07 bits per heavy atom. The van der Waals surface area contributed by atoms with Gasteiger partial charge in [-0.3, -0.25) is 4.90 Å². The molecule has 2 aromatic rings. The number of hydrogen-bond donors (Lipinski definition) is 0. The van der Waals surface area contributed by atoms with E-state index in [0.29, 0.717) is 24.6 Å². The molecule has 2 aliphatic heterocycles. The van der Waals surface area contributed by atoms with E-state index in [2.05, 4.69) is 9.88 Å². The van der Waals surface area contributed by atoms with Gasteiger partial charge in [0, 0.05) is 26.2 Å². The van der Waals surface area contributed by atoms with Gasteiger partial charge in [-0.1, -0.05) is 12.8 Å². The van der Waals surface area contributed by atoms with Crippen LogP contribution in [0.1, 0.15) is 25.7 Å². The van der Waals surface area contributed by atoms with Crippen molar-refractivity contribution in [1.82, 2.24) is 14.2 Å². The van der Waals surface area contributed by atoms with Crippen LogP contribution >= 0.6 is 11.3 Å². The minimum absolute atomic E-state index is 0.0120. The summed E-state index contributed by atoms with van der Waals surface area (Å²) in [5.41, 5.74) is 2.60. The highest BCUT2D eigenvalue weighted by Gasteiger charge is 2.45. The molecule has 1 aromatic heterocycles. The second-order valence-corrected chi connectivity index (χ2v) is 10.8. The highest BCUT2D eigenvalue weighted by molar-refractivity contribution is 7.89. The average Bonchev–Trinajstić information content (AvgIpc) is 3.41. The number of benzene rings is 1. The zero-order chi connectivity index (χ0) is 18.4. The Hall–Kier alpha value is -1.06. The Balaban J connectivity index is 1.36. The van der Waals surface area contributed by atoms with Gasteiger partial charge in [-0.05, 0) is 37.0 Å². The summed E-state index contributed by atoms with van der Waals surface area (Å²) in [4.78, 5) is 7.09. The average molecular weight is 408 g/mol. The lowest BCUT2D eigenvalue weighted by Crippen LogP contribution is -2.52. The highest BCUT2D eigenvalue weighted by Crippen LogP contribution is 2.32. The maximum Gasteiger partial charge on any atom is 0.243 e. The first kappa shape index (κ1) is 18.0. The highest BCUT2D eigenvalue weighted by atomic mass is 32.2. The minimum Gasteiger partial charge on any atom is -0.374 e. The van der Waals surface area contributed by atoms with Gasteiger partial charge in [0.15, 0.2) is 0 Å². The second kappa shape index (κ2) is 7.08. The molecule has 0 N–H and O–H groups in total. The van der Waals surface area contributed by atoms with Gasteiger partial charge in [0.2, 0.25) is 10.0 Å². The standard InChI is InChI=1S/C19H25N3O3S2/c23-27(24,15-5-6-16-19(9-15)26-13-20-16)22-11-17-18(12-22)25-8-7-21(17)10-14-3-1-2-4-14/h5-6,9,13-14,17-18H,1-4,7-8,10-12H2/t17-,18-/m0/s1. The Morgan fingerprint density at radius 1 is 1.22 bits per heavy atom. The molecule has 0 spiro atoms. The van der Waals surface area contributed by atoms with Gasteiger partial charge in [-0.25, -0.2) is 13.4 Å². The third-order valence-corrected chi connectivity index (χ3v) is 8.91. The summed E-state index contributed by atoms with van der Waals surface area (Å²) < 4.78 is 35.0. The number of aromatic nitrogens is 1. The van der Waals surface area contributed by atoms with Crippen LogP contribution in [0.4, 0.5) is 0 Å². The quantitative estimate of drug-likeness (QED) is 0.779. The number of thiazole rings is 1. The topological polar surface area (TPSA) is 62.7 Å². The summed E-state index contributed by atoms with van der Waals surface area (Å²) in [5, 5.41) is 0. The van der Waals surface area contributed by atoms with E-state index in [-0.39, 0.29) is 12.1 Å². The molecule has 0 radical (unpaired) electrons. The van der Waals surface area contributed by atoms with Crippen molar-refractivity contribution < 1.29 is 13.2 Å². The molecule has 6 nitrogen and oxygen atoms in total.